The molecule has 2 unspecified atom stereocenters. The maximum absolute atomic E-state index is 12.6. The molecule has 0 aromatic rings. The van der Waals surface area contributed by atoms with Crippen molar-refractivity contribution in [2.45, 2.75) is 19.9 Å². The minimum atomic E-state index is -0.108. The van der Waals surface area contributed by atoms with Crippen molar-refractivity contribution in [3.05, 3.63) is 0 Å². The van der Waals surface area contributed by atoms with Gasteiger partial charge in [0.1, 0.15) is 0 Å². The van der Waals surface area contributed by atoms with Crippen LogP contribution >= 0.6 is 0 Å². The zero-order valence-electron chi connectivity index (χ0n) is 12.9. The van der Waals surface area contributed by atoms with E-state index in [0.717, 1.165) is 0 Å². The SMILES string of the molecule is CCOCCN(CCOCC)C(=O)C1COCC1NC. The number of hydrogen-bond acceptors (Lipinski definition) is 5. The molecule has 6 nitrogen and oxygen atoms in total. The van der Waals surface area contributed by atoms with Gasteiger partial charge in [0.25, 0.3) is 0 Å². The smallest absolute Gasteiger partial charge is 0.229 e. The van der Waals surface area contributed by atoms with Crippen LogP contribution in [0.1, 0.15) is 13.8 Å². The Morgan fingerprint density at radius 1 is 1.20 bits per heavy atom. The van der Waals surface area contributed by atoms with Crippen LogP contribution in [0.5, 0.6) is 0 Å². The molecule has 1 amide bonds. The van der Waals surface area contributed by atoms with Gasteiger partial charge in [0.05, 0.1) is 32.3 Å². The lowest BCUT2D eigenvalue weighted by molar-refractivity contribution is -0.137. The van der Waals surface area contributed by atoms with Gasteiger partial charge in [-0.3, -0.25) is 4.79 Å². The van der Waals surface area contributed by atoms with Crippen molar-refractivity contribution in [3.63, 3.8) is 0 Å². The largest absolute Gasteiger partial charge is 0.380 e. The van der Waals surface area contributed by atoms with Crippen molar-refractivity contribution >= 4 is 5.91 Å². The average molecular weight is 288 g/mol. The molecule has 20 heavy (non-hydrogen) atoms. The van der Waals surface area contributed by atoms with Crippen LogP contribution in [-0.2, 0) is 19.0 Å². The van der Waals surface area contributed by atoms with Gasteiger partial charge in [0, 0.05) is 32.3 Å². The minimum absolute atomic E-state index is 0.101. The highest BCUT2D eigenvalue weighted by Gasteiger charge is 2.35. The molecule has 0 saturated carbocycles. The van der Waals surface area contributed by atoms with E-state index in [-0.39, 0.29) is 17.9 Å². The first-order chi connectivity index (χ1) is 9.74. The summed E-state index contributed by atoms with van der Waals surface area (Å²) >= 11 is 0. The third-order valence-electron chi connectivity index (χ3n) is 3.50. The van der Waals surface area contributed by atoms with Gasteiger partial charge in [-0.15, -0.1) is 0 Å². The fourth-order valence-electron chi connectivity index (χ4n) is 2.29. The number of amides is 1. The topological polar surface area (TPSA) is 60.0 Å². The van der Waals surface area contributed by atoms with E-state index >= 15 is 0 Å². The maximum atomic E-state index is 12.6. The average Bonchev–Trinajstić information content (AvgIpc) is 2.93. The number of likely N-dealkylation sites (N-methyl/N-ethyl adjacent to an activating group) is 1. The highest BCUT2D eigenvalue weighted by atomic mass is 16.5. The number of hydrogen-bond donors (Lipinski definition) is 1. The first-order valence-corrected chi connectivity index (χ1v) is 7.43. The lowest BCUT2D eigenvalue weighted by Gasteiger charge is -2.27. The molecule has 0 bridgehead atoms. The Morgan fingerprint density at radius 2 is 1.80 bits per heavy atom. The Labute approximate surface area is 121 Å². The summed E-state index contributed by atoms with van der Waals surface area (Å²) in [5.74, 6) is 0.0181. The molecule has 0 spiro atoms. The molecule has 0 aromatic heterocycles. The summed E-state index contributed by atoms with van der Waals surface area (Å²) in [6.45, 7) is 8.65. The number of carbonyl (C=O) groups excluding carboxylic acids is 1. The zero-order valence-corrected chi connectivity index (χ0v) is 12.9. The van der Waals surface area contributed by atoms with Crippen molar-refractivity contribution in [2.75, 3.05) is 59.8 Å². The molecular weight excluding hydrogens is 260 g/mol. The minimum Gasteiger partial charge on any atom is -0.380 e. The van der Waals surface area contributed by atoms with E-state index in [1.807, 2.05) is 25.8 Å². The molecule has 1 fully saturated rings. The second kappa shape index (κ2) is 10.1. The second-order valence-corrected chi connectivity index (χ2v) is 4.76. The first kappa shape index (κ1) is 17.4. The summed E-state index contributed by atoms with van der Waals surface area (Å²) in [5.41, 5.74) is 0. The van der Waals surface area contributed by atoms with E-state index in [1.54, 1.807) is 0 Å². The van der Waals surface area contributed by atoms with Gasteiger partial charge in [-0.2, -0.15) is 0 Å². The van der Waals surface area contributed by atoms with Crippen molar-refractivity contribution in [3.8, 4) is 0 Å². The molecule has 0 radical (unpaired) electrons. The fourth-order valence-corrected chi connectivity index (χ4v) is 2.29. The number of rotatable bonds is 10. The fraction of sp³-hybridized carbons (Fsp3) is 0.929. The summed E-state index contributed by atoms with van der Waals surface area (Å²) in [6.07, 6.45) is 0. The lowest BCUT2D eigenvalue weighted by Crippen LogP contribution is -2.46. The third kappa shape index (κ3) is 5.36. The normalized spacial score (nSPS) is 22.1. The van der Waals surface area contributed by atoms with Crippen molar-refractivity contribution in [1.29, 1.82) is 0 Å². The molecule has 1 saturated heterocycles. The van der Waals surface area contributed by atoms with Crippen LogP contribution in [0.3, 0.4) is 0 Å². The molecule has 0 aliphatic carbocycles. The molecule has 1 rings (SSSR count). The van der Waals surface area contributed by atoms with Crippen molar-refractivity contribution < 1.29 is 19.0 Å². The molecular formula is C14H28N2O4. The monoisotopic (exact) mass is 288 g/mol. The van der Waals surface area contributed by atoms with Gasteiger partial charge in [-0.1, -0.05) is 0 Å². The maximum Gasteiger partial charge on any atom is 0.229 e. The molecule has 1 aliphatic heterocycles. The van der Waals surface area contributed by atoms with E-state index < -0.39 is 0 Å². The van der Waals surface area contributed by atoms with Gasteiger partial charge in [-0.25, -0.2) is 0 Å². The van der Waals surface area contributed by atoms with E-state index in [1.165, 1.54) is 0 Å². The summed E-state index contributed by atoms with van der Waals surface area (Å²) in [4.78, 5) is 14.4. The first-order valence-electron chi connectivity index (χ1n) is 7.43. The quantitative estimate of drug-likeness (QED) is 0.579. The van der Waals surface area contributed by atoms with Crippen LogP contribution in [0.15, 0.2) is 0 Å². The molecule has 1 N–H and O–H groups in total. The number of nitrogens with zero attached hydrogens (tertiary/aromatic N) is 1. The number of carbonyl (C=O) groups is 1. The van der Waals surface area contributed by atoms with E-state index in [4.69, 9.17) is 14.2 Å². The second-order valence-electron chi connectivity index (χ2n) is 4.76. The molecule has 118 valence electrons. The van der Waals surface area contributed by atoms with Crippen LogP contribution in [0.2, 0.25) is 0 Å². The van der Waals surface area contributed by atoms with Crippen LogP contribution < -0.4 is 5.32 Å². The van der Waals surface area contributed by atoms with Gasteiger partial charge in [-0.05, 0) is 20.9 Å². The van der Waals surface area contributed by atoms with E-state index in [2.05, 4.69) is 5.32 Å². The molecule has 2 atom stereocenters. The van der Waals surface area contributed by atoms with Crippen LogP contribution in [-0.4, -0.2) is 76.6 Å². The molecule has 6 heteroatoms. The van der Waals surface area contributed by atoms with Crippen LogP contribution in [0, 0.1) is 5.92 Å². The molecule has 1 aliphatic rings. The Bertz CT molecular complexity index is 266. The lowest BCUT2D eigenvalue weighted by atomic mass is 10.0. The number of ether oxygens (including phenoxy) is 3. The van der Waals surface area contributed by atoms with E-state index in [0.29, 0.717) is 52.7 Å². The summed E-state index contributed by atoms with van der Waals surface area (Å²) in [7, 11) is 1.87. The summed E-state index contributed by atoms with van der Waals surface area (Å²) in [6, 6.07) is 0.101. The Balaban J connectivity index is 2.52. The van der Waals surface area contributed by atoms with Crippen molar-refractivity contribution in [1.82, 2.24) is 10.2 Å². The Kier molecular flexibility index (Phi) is 8.77. The highest BCUT2D eigenvalue weighted by Crippen LogP contribution is 2.16. The summed E-state index contributed by atoms with van der Waals surface area (Å²) in [5, 5.41) is 3.15. The van der Waals surface area contributed by atoms with E-state index in [9.17, 15) is 4.79 Å². The predicted octanol–water partition coefficient (Wildman–Crippen LogP) is 0.122. The molecule has 1 heterocycles. The Morgan fingerprint density at radius 3 is 2.30 bits per heavy atom. The third-order valence-corrected chi connectivity index (χ3v) is 3.50. The standard InChI is InChI=1S/C14H28N2O4/c1-4-18-8-6-16(7-9-19-5-2)14(17)12-10-20-11-13(12)15-3/h12-13,15H,4-11H2,1-3H3. The van der Waals surface area contributed by atoms with Gasteiger partial charge in [0.2, 0.25) is 5.91 Å². The van der Waals surface area contributed by atoms with Gasteiger partial charge < -0.3 is 24.4 Å². The summed E-state index contributed by atoms with van der Waals surface area (Å²) < 4.78 is 16.1. The predicted molar refractivity (Wildman–Crippen MR) is 76.7 cm³/mol. The zero-order chi connectivity index (χ0) is 14.8. The van der Waals surface area contributed by atoms with Crippen molar-refractivity contribution in [2.24, 2.45) is 5.92 Å². The number of nitrogens with one attached hydrogen (secondary N) is 1. The van der Waals surface area contributed by atoms with Crippen LogP contribution in [0.4, 0.5) is 0 Å². The van der Waals surface area contributed by atoms with Gasteiger partial charge >= 0.3 is 0 Å². The molecule has 0 aromatic carbocycles. The highest BCUT2D eigenvalue weighted by molar-refractivity contribution is 5.80. The van der Waals surface area contributed by atoms with Crippen LogP contribution in [0.25, 0.3) is 0 Å². The Hall–Kier alpha value is -0.690. The van der Waals surface area contributed by atoms with Gasteiger partial charge in [0.15, 0.2) is 0 Å².